The molecule has 6 nitrogen and oxygen atoms in total. The Balaban J connectivity index is 1.46. The molecule has 1 aromatic carbocycles. The van der Waals surface area contributed by atoms with E-state index in [0.29, 0.717) is 12.5 Å². The third kappa shape index (κ3) is 4.22. The minimum absolute atomic E-state index is 0.568. The van der Waals surface area contributed by atoms with Gasteiger partial charge in [0.05, 0.1) is 6.54 Å². The molecule has 28 heavy (non-hydrogen) atoms. The van der Waals surface area contributed by atoms with Gasteiger partial charge in [0.2, 0.25) is 0 Å². The zero-order valence-corrected chi connectivity index (χ0v) is 16.2. The highest BCUT2D eigenvalue weighted by atomic mass is 15.3. The molecule has 0 amide bonds. The van der Waals surface area contributed by atoms with Crippen LogP contribution >= 0.6 is 0 Å². The van der Waals surface area contributed by atoms with Gasteiger partial charge in [-0.25, -0.2) is 15.0 Å². The fraction of sp³-hybridized carbons (Fsp3) is 0.318. The molecule has 0 saturated carbocycles. The van der Waals surface area contributed by atoms with Gasteiger partial charge < -0.3 is 10.2 Å². The molecule has 0 radical (unpaired) electrons. The van der Waals surface area contributed by atoms with Crippen molar-refractivity contribution in [3.05, 3.63) is 78.5 Å². The van der Waals surface area contributed by atoms with E-state index in [4.69, 9.17) is 4.99 Å². The molecular weight excluding hydrogens is 348 g/mol. The largest absolute Gasteiger partial charge is 0.357 e. The van der Waals surface area contributed by atoms with Crippen molar-refractivity contribution in [3.63, 3.8) is 0 Å². The second-order valence-electron chi connectivity index (χ2n) is 7.00. The van der Waals surface area contributed by atoms with E-state index in [1.807, 2.05) is 23.0 Å². The maximum atomic E-state index is 4.90. The van der Waals surface area contributed by atoms with Crippen LogP contribution in [0.3, 0.4) is 0 Å². The van der Waals surface area contributed by atoms with Crippen LogP contribution in [-0.4, -0.2) is 45.0 Å². The molecule has 4 rings (SSSR count). The highest BCUT2D eigenvalue weighted by Gasteiger charge is 2.25. The van der Waals surface area contributed by atoms with E-state index < -0.39 is 0 Å². The summed E-state index contributed by atoms with van der Waals surface area (Å²) in [6.45, 7) is 5.64. The summed E-state index contributed by atoms with van der Waals surface area (Å²) < 4.78 is 1.91. The average Bonchev–Trinajstić information content (AvgIpc) is 3.44. The number of pyridine rings is 1. The van der Waals surface area contributed by atoms with Gasteiger partial charge in [-0.15, -0.1) is 0 Å². The van der Waals surface area contributed by atoms with Crippen molar-refractivity contribution in [2.24, 2.45) is 4.99 Å². The second-order valence-corrected chi connectivity index (χ2v) is 7.00. The first kappa shape index (κ1) is 18.2. The Hall–Kier alpha value is -3.15. The predicted molar refractivity (Wildman–Crippen MR) is 112 cm³/mol. The molecule has 144 valence electrons. The van der Waals surface area contributed by atoms with E-state index in [2.05, 4.69) is 63.5 Å². The van der Waals surface area contributed by atoms with Gasteiger partial charge >= 0.3 is 0 Å². The molecular formula is C22H26N6. The minimum atomic E-state index is 0.568. The Morgan fingerprint density at radius 2 is 2.11 bits per heavy atom. The lowest BCUT2D eigenvalue weighted by Crippen LogP contribution is -2.40. The maximum Gasteiger partial charge on any atom is 0.194 e. The zero-order chi connectivity index (χ0) is 19.2. The van der Waals surface area contributed by atoms with Gasteiger partial charge in [-0.1, -0.05) is 30.3 Å². The maximum absolute atomic E-state index is 4.90. The van der Waals surface area contributed by atoms with E-state index in [1.165, 1.54) is 5.56 Å². The van der Waals surface area contributed by atoms with Crippen LogP contribution < -0.4 is 5.32 Å². The number of rotatable bonds is 5. The molecule has 1 aliphatic rings. The Morgan fingerprint density at radius 3 is 2.89 bits per heavy atom. The molecule has 1 fully saturated rings. The first-order valence-corrected chi connectivity index (χ1v) is 9.85. The van der Waals surface area contributed by atoms with Crippen LogP contribution in [-0.2, 0) is 6.54 Å². The molecule has 0 spiro atoms. The van der Waals surface area contributed by atoms with Crippen molar-refractivity contribution in [1.82, 2.24) is 24.8 Å². The number of nitrogens with one attached hydrogen (secondary N) is 1. The van der Waals surface area contributed by atoms with Gasteiger partial charge in [0.15, 0.2) is 5.96 Å². The van der Waals surface area contributed by atoms with Crippen molar-refractivity contribution < 1.29 is 0 Å². The first-order chi connectivity index (χ1) is 13.8. The number of hydrogen-bond acceptors (Lipinski definition) is 3. The minimum Gasteiger partial charge on any atom is -0.357 e. The molecule has 3 aromatic rings. The summed E-state index contributed by atoms with van der Waals surface area (Å²) >= 11 is 0. The van der Waals surface area contributed by atoms with Crippen LogP contribution in [0.2, 0.25) is 0 Å². The summed E-state index contributed by atoms with van der Waals surface area (Å²) in [5.41, 5.74) is 2.55. The van der Waals surface area contributed by atoms with Crippen LogP contribution in [0.25, 0.3) is 5.82 Å². The Bertz CT molecular complexity index is 904. The van der Waals surface area contributed by atoms with Gasteiger partial charge in [0, 0.05) is 44.1 Å². The van der Waals surface area contributed by atoms with Crippen molar-refractivity contribution in [3.8, 4) is 5.82 Å². The Labute approximate surface area is 166 Å². The van der Waals surface area contributed by atoms with Crippen LogP contribution in [0.4, 0.5) is 0 Å². The Morgan fingerprint density at radius 1 is 1.21 bits per heavy atom. The van der Waals surface area contributed by atoms with E-state index >= 15 is 0 Å². The van der Waals surface area contributed by atoms with E-state index in [0.717, 1.165) is 43.4 Å². The summed E-state index contributed by atoms with van der Waals surface area (Å²) in [5.74, 6) is 2.42. The summed E-state index contributed by atoms with van der Waals surface area (Å²) in [5, 5.41) is 3.45. The highest BCUT2D eigenvalue weighted by molar-refractivity contribution is 5.80. The summed E-state index contributed by atoms with van der Waals surface area (Å²) in [6, 6.07) is 14.9. The smallest absolute Gasteiger partial charge is 0.194 e. The lowest BCUT2D eigenvalue weighted by Gasteiger charge is -2.22. The van der Waals surface area contributed by atoms with Crippen LogP contribution in [0.15, 0.2) is 72.4 Å². The second kappa shape index (κ2) is 8.69. The van der Waals surface area contributed by atoms with E-state index in [-0.39, 0.29) is 0 Å². The lowest BCUT2D eigenvalue weighted by molar-refractivity contribution is 0.486. The van der Waals surface area contributed by atoms with Crippen molar-refractivity contribution in [2.45, 2.75) is 25.8 Å². The molecule has 1 saturated heterocycles. The summed E-state index contributed by atoms with van der Waals surface area (Å²) in [7, 11) is 0. The molecule has 1 N–H and O–H groups in total. The number of nitrogens with zero attached hydrogens (tertiary/aromatic N) is 5. The summed E-state index contributed by atoms with van der Waals surface area (Å²) in [6.07, 6.45) is 8.40. The van der Waals surface area contributed by atoms with Crippen molar-refractivity contribution in [2.75, 3.05) is 19.6 Å². The van der Waals surface area contributed by atoms with E-state index in [9.17, 15) is 0 Å². The van der Waals surface area contributed by atoms with Gasteiger partial charge in [-0.2, -0.15) is 0 Å². The SMILES string of the molecule is CCNC(=NCc1ccnc(-n2ccnc2)c1)N1CCC(c2ccccc2)C1. The predicted octanol–water partition coefficient (Wildman–Crippen LogP) is 3.22. The number of guanidine groups is 1. The van der Waals surface area contributed by atoms with Gasteiger partial charge in [-0.3, -0.25) is 4.57 Å². The van der Waals surface area contributed by atoms with Crippen LogP contribution in [0.5, 0.6) is 0 Å². The molecule has 1 atom stereocenters. The van der Waals surface area contributed by atoms with Crippen LogP contribution in [0, 0.1) is 0 Å². The normalized spacial score (nSPS) is 17.1. The third-order valence-corrected chi connectivity index (χ3v) is 5.08. The fourth-order valence-electron chi connectivity index (χ4n) is 3.64. The number of benzene rings is 1. The number of aromatic nitrogens is 3. The van der Waals surface area contributed by atoms with Crippen LogP contribution in [0.1, 0.15) is 30.4 Å². The monoisotopic (exact) mass is 374 g/mol. The van der Waals surface area contributed by atoms with Crippen molar-refractivity contribution >= 4 is 5.96 Å². The molecule has 3 heterocycles. The number of aliphatic imine (C=N–C) groups is 1. The average molecular weight is 374 g/mol. The quantitative estimate of drug-likeness (QED) is 0.550. The molecule has 1 unspecified atom stereocenters. The standard InChI is InChI=1S/C22H26N6/c1-2-24-22(27-12-9-20(16-27)19-6-4-3-5-7-19)26-15-18-8-10-25-21(14-18)28-13-11-23-17-28/h3-8,10-11,13-14,17,20H,2,9,12,15-16H2,1H3,(H,24,26). The topological polar surface area (TPSA) is 58.3 Å². The molecule has 1 aliphatic heterocycles. The number of likely N-dealkylation sites (tertiary alicyclic amines) is 1. The number of hydrogen-bond donors (Lipinski definition) is 1. The van der Waals surface area contributed by atoms with Gasteiger partial charge in [-0.05, 0) is 36.6 Å². The summed E-state index contributed by atoms with van der Waals surface area (Å²) in [4.78, 5) is 15.8. The fourth-order valence-corrected chi connectivity index (χ4v) is 3.64. The number of imidazole rings is 1. The van der Waals surface area contributed by atoms with Gasteiger partial charge in [0.1, 0.15) is 12.1 Å². The molecule has 6 heteroatoms. The molecule has 0 aliphatic carbocycles. The third-order valence-electron chi connectivity index (χ3n) is 5.08. The molecule has 0 bridgehead atoms. The van der Waals surface area contributed by atoms with E-state index in [1.54, 1.807) is 12.5 Å². The Kier molecular flexibility index (Phi) is 5.66. The lowest BCUT2D eigenvalue weighted by atomic mass is 9.99. The molecule has 2 aromatic heterocycles. The van der Waals surface area contributed by atoms with Gasteiger partial charge in [0.25, 0.3) is 0 Å². The highest BCUT2D eigenvalue weighted by Crippen LogP contribution is 2.27. The van der Waals surface area contributed by atoms with Crippen molar-refractivity contribution in [1.29, 1.82) is 0 Å². The zero-order valence-electron chi connectivity index (χ0n) is 16.2. The first-order valence-electron chi connectivity index (χ1n) is 9.85.